The maximum atomic E-state index is 11.5. The summed E-state index contributed by atoms with van der Waals surface area (Å²) in [4.78, 5) is 11.5. The van der Waals surface area contributed by atoms with Crippen LogP contribution in [0.25, 0.3) is 11.1 Å². The number of amides is 1. The SMILES string of the molecule is CC(N)CC(=O)NCCOc1ccccc1-c1ccccc1.Cl. The summed E-state index contributed by atoms with van der Waals surface area (Å²) >= 11 is 0. The van der Waals surface area contributed by atoms with Gasteiger partial charge in [-0.05, 0) is 18.6 Å². The summed E-state index contributed by atoms with van der Waals surface area (Å²) in [5, 5.41) is 2.80. The molecule has 0 spiro atoms. The van der Waals surface area contributed by atoms with E-state index in [9.17, 15) is 4.79 Å². The highest BCUT2D eigenvalue weighted by molar-refractivity contribution is 5.85. The monoisotopic (exact) mass is 334 g/mol. The lowest BCUT2D eigenvalue weighted by atomic mass is 10.1. The number of rotatable bonds is 7. The van der Waals surface area contributed by atoms with Crippen molar-refractivity contribution in [3.05, 3.63) is 54.6 Å². The van der Waals surface area contributed by atoms with Gasteiger partial charge in [0.05, 0.1) is 6.54 Å². The van der Waals surface area contributed by atoms with Crippen LogP contribution in [0.3, 0.4) is 0 Å². The third-order valence-corrected chi connectivity index (χ3v) is 3.16. The number of halogens is 1. The van der Waals surface area contributed by atoms with E-state index in [1.54, 1.807) is 0 Å². The van der Waals surface area contributed by atoms with Crippen LogP contribution in [-0.4, -0.2) is 25.1 Å². The second kappa shape index (κ2) is 9.87. The zero-order chi connectivity index (χ0) is 15.8. The van der Waals surface area contributed by atoms with Gasteiger partial charge in [0.25, 0.3) is 0 Å². The number of carbonyl (C=O) groups excluding carboxylic acids is 1. The van der Waals surface area contributed by atoms with Crippen molar-refractivity contribution in [2.24, 2.45) is 5.73 Å². The summed E-state index contributed by atoms with van der Waals surface area (Å²) in [5.74, 6) is 0.769. The van der Waals surface area contributed by atoms with E-state index in [4.69, 9.17) is 10.5 Å². The number of nitrogens with one attached hydrogen (secondary N) is 1. The molecule has 2 rings (SSSR count). The number of carbonyl (C=O) groups is 1. The van der Waals surface area contributed by atoms with Crippen LogP contribution in [0, 0.1) is 0 Å². The lowest BCUT2D eigenvalue weighted by Crippen LogP contribution is -2.32. The van der Waals surface area contributed by atoms with Crippen LogP contribution in [0.4, 0.5) is 0 Å². The van der Waals surface area contributed by atoms with E-state index in [1.807, 2.05) is 61.5 Å². The maximum absolute atomic E-state index is 11.5. The number of hydrogen-bond acceptors (Lipinski definition) is 3. The highest BCUT2D eigenvalue weighted by atomic mass is 35.5. The minimum absolute atomic E-state index is 0. The molecule has 0 saturated heterocycles. The van der Waals surface area contributed by atoms with Crippen LogP contribution in [-0.2, 0) is 4.79 Å². The molecule has 0 saturated carbocycles. The van der Waals surface area contributed by atoms with Gasteiger partial charge in [-0.2, -0.15) is 0 Å². The van der Waals surface area contributed by atoms with Gasteiger partial charge >= 0.3 is 0 Å². The molecule has 23 heavy (non-hydrogen) atoms. The fourth-order valence-electron chi connectivity index (χ4n) is 2.16. The summed E-state index contributed by atoms with van der Waals surface area (Å²) in [6.45, 7) is 2.70. The molecule has 5 heteroatoms. The van der Waals surface area contributed by atoms with Crippen molar-refractivity contribution in [2.75, 3.05) is 13.2 Å². The first-order valence-corrected chi connectivity index (χ1v) is 7.46. The number of hydrogen-bond donors (Lipinski definition) is 2. The van der Waals surface area contributed by atoms with Gasteiger partial charge in [0.15, 0.2) is 0 Å². The molecule has 1 amide bonds. The summed E-state index contributed by atoms with van der Waals surface area (Å²) in [6.07, 6.45) is 0.334. The molecule has 0 heterocycles. The lowest BCUT2D eigenvalue weighted by molar-refractivity contribution is -0.121. The molecule has 0 aliphatic carbocycles. The summed E-state index contributed by atoms with van der Waals surface area (Å²) < 4.78 is 5.80. The molecular weight excluding hydrogens is 312 g/mol. The Hall–Kier alpha value is -2.04. The first-order valence-electron chi connectivity index (χ1n) is 7.46. The zero-order valence-electron chi connectivity index (χ0n) is 13.2. The predicted octanol–water partition coefficient (Wildman–Crippen LogP) is 3.01. The predicted molar refractivity (Wildman–Crippen MR) is 95.9 cm³/mol. The number of para-hydroxylation sites is 1. The topological polar surface area (TPSA) is 64.4 Å². The third kappa shape index (κ3) is 6.30. The van der Waals surface area contributed by atoms with E-state index in [0.29, 0.717) is 19.6 Å². The van der Waals surface area contributed by atoms with Crippen LogP contribution < -0.4 is 15.8 Å². The fraction of sp³-hybridized carbons (Fsp3) is 0.278. The van der Waals surface area contributed by atoms with Crippen molar-refractivity contribution in [1.29, 1.82) is 0 Å². The normalized spacial score (nSPS) is 11.2. The van der Waals surface area contributed by atoms with Gasteiger partial charge in [0.2, 0.25) is 5.91 Å². The Balaban J connectivity index is 0.00000264. The Morgan fingerprint density at radius 1 is 1.13 bits per heavy atom. The molecule has 2 aromatic carbocycles. The van der Waals surface area contributed by atoms with E-state index in [2.05, 4.69) is 5.32 Å². The first kappa shape index (κ1) is 19.0. The van der Waals surface area contributed by atoms with Crippen LogP contribution in [0.15, 0.2) is 54.6 Å². The fourth-order valence-corrected chi connectivity index (χ4v) is 2.16. The molecule has 2 aromatic rings. The summed E-state index contributed by atoms with van der Waals surface area (Å²) in [5.41, 5.74) is 7.74. The molecule has 4 nitrogen and oxygen atoms in total. The van der Waals surface area contributed by atoms with Crippen LogP contribution in [0.2, 0.25) is 0 Å². The van der Waals surface area contributed by atoms with Crippen LogP contribution >= 0.6 is 12.4 Å². The standard InChI is InChI=1S/C18H22N2O2.ClH/c1-14(19)13-18(21)20-11-12-22-17-10-6-5-9-16(17)15-7-3-2-4-8-15;/h2-10,14H,11-13,19H2,1H3,(H,20,21);1H. The zero-order valence-corrected chi connectivity index (χ0v) is 14.0. The highest BCUT2D eigenvalue weighted by Crippen LogP contribution is 2.29. The molecule has 1 atom stereocenters. The Kier molecular flexibility index (Phi) is 8.16. The molecule has 0 aliphatic rings. The first-order chi connectivity index (χ1) is 10.7. The Morgan fingerprint density at radius 2 is 1.78 bits per heavy atom. The van der Waals surface area contributed by atoms with Crippen molar-refractivity contribution in [3.8, 4) is 16.9 Å². The lowest BCUT2D eigenvalue weighted by Gasteiger charge is -2.12. The minimum atomic E-state index is -0.125. The average molecular weight is 335 g/mol. The maximum Gasteiger partial charge on any atom is 0.221 e. The quantitative estimate of drug-likeness (QED) is 0.765. The van der Waals surface area contributed by atoms with Gasteiger partial charge in [-0.3, -0.25) is 4.79 Å². The summed E-state index contributed by atoms with van der Waals surface area (Å²) in [7, 11) is 0. The summed E-state index contributed by atoms with van der Waals surface area (Å²) in [6, 6.07) is 17.8. The van der Waals surface area contributed by atoms with Gasteiger partial charge in [0.1, 0.15) is 12.4 Å². The van der Waals surface area contributed by atoms with Crippen molar-refractivity contribution in [2.45, 2.75) is 19.4 Å². The number of nitrogens with two attached hydrogens (primary N) is 1. The Morgan fingerprint density at radius 3 is 2.48 bits per heavy atom. The largest absolute Gasteiger partial charge is 0.491 e. The van der Waals surface area contributed by atoms with E-state index in [-0.39, 0.29) is 24.4 Å². The molecule has 0 fully saturated rings. The highest BCUT2D eigenvalue weighted by Gasteiger charge is 2.06. The molecule has 0 radical (unpaired) electrons. The third-order valence-electron chi connectivity index (χ3n) is 3.16. The van der Waals surface area contributed by atoms with Gasteiger partial charge in [-0.1, -0.05) is 48.5 Å². The second-order valence-corrected chi connectivity index (χ2v) is 5.24. The van der Waals surface area contributed by atoms with E-state index >= 15 is 0 Å². The molecule has 1 unspecified atom stereocenters. The molecule has 3 N–H and O–H groups in total. The molecule has 0 aliphatic heterocycles. The molecular formula is C18H23ClN2O2. The van der Waals surface area contributed by atoms with E-state index in [0.717, 1.165) is 16.9 Å². The Bertz CT molecular complexity index is 603. The van der Waals surface area contributed by atoms with Gasteiger partial charge < -0.3 is 15.8 Å². The van der Waals surface area contributed by atoms with Gasteiger partial charge in [0, 0.05) is 18.0 Å². The van der Waals surface area contributed by atoms with E-state index in [1.165, 1.54) is 0 Å². The van der Waals surface area contributed by atoms with Crippen molar-refractivity contribution in [1.82, 2.24) is 5.32 Å². The number of benzene rings is 2. The molecule has 0 bridgehead atoms. The molecule has 0 aromatic heterocycles. The number of ether oxygens (including phenoxy) is 1. The van der Waals surface area contributed by atoms with Gasteiger partial charge in [-0.15, -0.1) is 12.4 Å². The second-order valence-electron chi connectivity index (χ2n) is 5.24. The smallest absolute Gasteiger partial charge is 0.221 e. The Labute approximate surface area is 143 Å². The minimum Gasteiger partial charge on any atom is -0.491 e. The van der Waals surface area contributed by atoms with Crippen molar-refractivity contribution in [3.63, 3.8) is 0 Å². The van der Waals surface area contributed by atoms with E-state index < -0.39 is 0 Å². The van der Waals surface area contributed by atoms with Gasteiger partial charge in [-0.25, -0.2) is 0 Å². The van der Waals surface area contributed by atoms with Crippen molar-refractivity contribution >= 4 is 18.3 Å². The van der Waals surface area contributed by atoms with Crippen molar-refractivity contribution < 1.29 is 9.53 Å². The van der Waals surface area contributed by atoms with Crippen LogP contribution in [0.1, 0.15) is 13.3 Å². The molecule has 124 valence electrons. The van der Waals surface area contributed by atoms with Crippen LogP contribution in [0.5, 0.6) is 5.75 Å². The average Bonchev–Trinajstić information content (AvgIpc) is 2.52.